The van der Waals surface area contributed by atoms with Crippen molar-refractivity contribution in [2.75, 3.05) is 14.2 Å². The van der Waals surface area contributed by atoms with Crippen molar-refractivity contribution in [3.63, 3.8) is 0 Å². The molecule has 0 aliphatic carbocycles. The van der Waals surface area contributed by atoms with Crippen molar-refractivity contribution < 1.29 is 36.2 Å². The average molecular weight is 374 g/mol. The summed E-state index contributed by atoms with van der Waals surface area (Å²) in [4.78, 5) is 11.9. The Morgan fingerprint density at radius 3 is 2.00 bits per heavy atom. The van der Waals surface area contributed by atoms with Gasteiger partial charge in [-0.1, -0.05) is 0 Å². The van der Waals surface area contributed by atoms with Gasteiger partial charge in [0, 0.05) is 5.56 Å². The van der Waals surface area contributed by atoms with Gasteiger partial charge in [0.05, 0.1) is 26.0 Å². The molecule has 0 spiro atoms. The average Bonchev–Trinajstić information content (AvgIpc) is 2.66. The molecule has 0 saturated heterocycles. The number of rotatable bonds is 5. The quantitative estimate of drug-likeness (QED) is 0.288. The van der Waals surface area contributed by atoms with E-state index in [0.29, 0.717) is 12.0 Å². The number of hydrogen-bond acceptors (Lipinski definition) is 4. The number of carbonyl (C=O) groups excluding carboxylic acids is 1. The summed E-state index contributed by atoms with van der Waals surface area (Å²) in [5.74, 6) is -10.9. The first-order valence-corrected chi connectivity index (χ1v) is 6.88. The minimum Gasteiger partial charge on any atom is -0.493 e. The van der Waals surface area contributed by atoms with Gasteiger partial charge in [-0.2, -0.15) is 5.10 Å². The highest BCUT2D eigenvalue weighted by atomic mass is 19.2. The number of amides is 1. The lowest BCUT2D eigenvalue weighted by Crippen LogP contribution is -2.18. The smallest absolute Gasteiger partial charge is 0.271 e. The first-order valence-electron chi connectivity index (χ1n) is 6.88. The molecule has 0 aliphatic heterocycles. The molecule has 2 rings (SSSR count). The molecule has 0 aliphatic rings. The third kappa shape index (κ3) is 3.58. The number of methoxy groups -OCH3 is 2. The summed E-state index contributed by atoms with van der Waals surface area (Å²) in [6.45, 7) is 0. The zero-order chi connectivity index (χ0) is 19.4. The Balaban J connectivity index is 2.23. The van der Waals surface area contributed by atoms with Crippen LogP contribution in [0.25, 0.3) is 0 Å². The van der Waals surface area contributed by atoms with Gasteiger partial charge in [-0.05, 0) is 18.2 Å². The fourth-order valence-electron chi connectivity index (χ4n) is 1.93. The van der Waals surface area contributed by atoms with Gasteiger partial charge < -0.3 is 9.47 Å². The molecule has 0 aromatic heterocycles. The van der Waals surface area contributed by atoms with Crippen molar-refractivity contribution in [1.29, 1.82) is 0 Å². The summed E-state index contributed by atoms with van der Waals surface area (Å²) >= 11 is 0. The SMILES string of the molecule is COc1ccc(C(=O)N/N=C\c2c(F)c(F)c(F)c(F)c2F)cc1OC. The van der Waals surface area contributed by atoms with Gasteiger partial charge in [-0.3, -0.25) is 4.79 Å². The Morgan fingerprint density at radius 2 is 1.46 bits per heavy atom. The van der Waals surface area contributed by atoms with Crippen molar-refractivity contribution in [2.24, 2.45) is 5.10 Å². The third-order valence-electron chi connectivity index (χ3n) is 3.25. The molecule has 2 aromatic carbocycles. The van der Waals surface area contributed by atoms with E-state index < -0.39 is 40.6 Å². The van der Waals surface area contributed by atoms with Gasteiger partial charge in [-0.25, -0.2) is 27.4 Å². The van der Waals surface area contributed by atoms with Crippen molar-refractivity contribution in [3.8, 4) is 11.5 Å². The molecule has 0 radical (unpaired) electrons. The van der Waals surface area contributed by atoms with Crippen molar-refractivity contribution >= 4 is 12.1 Å². The van der Waals surface area contributed by atoms with Crippen LogP contribution < -0.4 is 14.9 Å². The number of halogens is 5. The maximum Gasteiger partial charge on any atom is 0.271 e. The fraction of sp³-hybridized carbons (Fsp3) is 0.125. The number of nitrogens with one attached hydrogen (secondary N) is 1. The first kappa shape index (κ1) is 19.2. The van der Waals surface area contributed by atoms with Crippen molar-refractivity contribution in [2.45, 2.75) is 0 Å². The minimum absolute atomic E-state index is 0.0530. The van der Waals surface area contributed by atoms with E-state index in [1.807, 2.05) is 5.43 Å². The maximum absolute atomic E-state index is 13.5. The molecule has 10 heteroatoms. The van der Waals surface area contributed by atoms with Gasteiger partial charge in [-0.15, -0.1) is 0 Å². The first-order chi connectivity index (χ1) is 12.3. The zero-order valence-electron chi connectivity index (χ0n) is 13.4. The molecular formula is C16H11F5N2O3. The highest BCUT2D eigenvalue weighted by Gasteiger charge is 2.24. The number of benzene rings is 2. The molecule has 1 amide bonds. The van der Waals surface area contributed by atoms with E-state index in [-0.39, 0.29) is 11.3 Å². The number of hydrogen-bond donors (Lipinski definition) is 1. The minimum atomic E-state index is -2.29. The number of carbonyl (C=O) groups is 1. The Hall–Kier alpha value is -3.17. The second-order valence-electron chi connectivity index (χ2n) is 4.75. The van der Waals surface area contributed by atoms with Crippen LogP contribution in [0.2, 0.25) is 0 Å². The summed E-state index contributed by atoms with van der Waals surface area (Å²) in [7, 11) is 2.74. The summed E-state index contributed by atoms with van der Waals surface area (Å²) in [5, 5.41) is 3.22. The molecule has 5 nitrogen and oxygen atoms in total. The van der Waals surface area contributed by atoms with Gasteiger partial charge in [0.1, 0.15) is 0 Å². The number of nitrogens with zero attached hydrogens (tertiary/aromatic N) is 1. The molecule has 0 atom stereocenters. The lowest BCUT2D eigenvalue weighted by molar-refractivity contribution is 0.0954. The Kier molecular flexibility index (Phi) is 5.75. The van der Waals surface area contributed by atoms with Crippen LogP contribution in [-0.2, 0) is 0 Å². The van der Waals surface area contributed by atoms with Crippen LogP contribution in [0.5, 0.6) is 11.5 Å². The van der Waals surface area contributed by atoms with E-state index in [9.17, 15) is 26.7 Å². The van der Waals surface area contributed by atoms with Gasteiger partial charge in [0.25, 0.3) is 5.91 Å². The molecule has 0 bridgehead atoms. The molecule has 0 fully saturated rings. The topological polar surface area (TPSA) is 59.9 Å². The second-order valence-corrected chi connectivity index (χ2v) is 4.75. The molecule has 1 N–H and O–H groups in total. The molecular weight excluding hydrogens is 363 g/mol. The largest absolute Gasteiger partial charge is 0.493 e. The molecule has 2 aromatic rings. The number of ether oxygens (including phenoxy) is 2. The predicted molar refractivity (Wildman–Crippen MR) is 80.8 cm³/mol. The molecule has 0 saturated carbocycles. The second kappa shape index (κ2) is 7.81. The lowest BCUT2D eigenvalue weighted by Gasteiger charge is -2.08. The van der Waals surface area contributed by atoms with Gasteiger partial charge in [0.2, 0.25) is 5.82 Å². The molecule has 138 valence electrons. The van der Waals surface area contributed by atoms with Crippen LogP contribution in [-0.4, -0.2) is 26.3 Å². The summed E-state index contributed by atoms with van der Waals surface area (Å²) in [5.41, 5.74) is 0.676. The zero-order valence-corrected chi connectivity index (χ0v) is 13.4. The highest BCUT2D eigenvalue weighted by Crippen LogP contribution is 2.27. The highest BCUT2D eigenvalue weighted by molar-refractivity contribution is 5.95. The van der Waals surface area contributed by atoms with Gasteiger partial charge in [0.15, 0.2) is 34.8 Å². The molecule has 26 heavy (non-hydrogen) atoms. The summed E-state index contributed by atoms with van der Waals surface area (Å²) < 4.78 is 76.0. The van der Waals surface area contributed by atoms with Gasteiger partial charge >= 0.3 is 0 Å². The van der Waals surface area contributed by atoms with Crippen LogP contribution in [0.3, 0.4) is 0 Å². The number of hydrazone groups is 1. The summed E-state index contributed by atoms with van der Waals surface area (Å²) in [6.07, 6.45) is 0.314. The van der Waals surface area contributed by atoms with Crippen LogP contribution in [0.15, 0.2) is 23.3 Å². The Bertz CT molecular complexity index is 858. The van der Waals surface area contributed by atoms with Crippen LogP contribution >= 0.6 is 0 Å². The Morgan fingerprint density at radius 1 is 0.923 bits per heavy atom. The third-order valence-corrected chi connectivity index (χ3v) is 3.25. The van der Waals surface area contributed by atoms with E-state index in [2.05, 4.69) is 5.10 Å². The van der Waals surface area contributed by atoms with E-state index in [0.717, 1.165) is 0 Å². The molecule has 0 unspecified atom stereocenters. The van der Waals surface area contributed by atoms with E-state index in [1.54, 1.807) is 0 Å². The van der Waals surface area contributed by atoms with E-state index in [4.69, 9.17) is 9.47 Å². The van der Waals surface area contributed by atoms with E-state index in [1.165, 1.54) is 32.4 Å². The standard InChI is InChI=1S/C16H11F5N2O3/c1-25-9-4-3-7(5-10(9)26-2)16(24)23-22-6-8-11(17)13(19)15(21)14(20)12(8)18/h3-6H,1-2H3,(H,23,24)/b22-6-. The van der Waals surface area contributed by atoms with Crippen molar-refractivity contribution in [1.82, 2.24) is 5.43 Å². The lowest BCUT2D eigenvalue weighted by atomic mass is 10.2. The van der Waals surface area contributed by atoms with Crippen LogP contribution in [0, 0.1) is 29.1 Å². The summed E-state index contributed by atoms with van der Waals surface area (Å²) in [6, 6.07) is 4.09. The van der Waals surface area contributed by atoms with Crippen molar-refractivity contribution in [3.05, 3.63) is 58.4 Å². The normalized spacial score (nSPS) is 10.9. The maximum atomic E-state index is 13.5. The monoisotopic (exact) mass is 374 g/mol. The molecule has 0 heterocycles. The van der Waals surface area contributed by atoms with Crippen LogP contribution in [0.1, 0.15) is 15.9 Å². The fourth-order valence-corrected chi connectivity index (χ4v) is 1.93. The van der Waals surface area contributed by atoms with E-state index >= 15 is 0 Å². The predicted octanol–water partition coefficient (Wildman–Crippen LogP) is 3.16. The Labute approximate surface area is 144 Å². The van der Waals surface area contributed by atoms with Crippen LogP contribution in [0.4, 0.5) is 22.0 Å².